The number of aromatic nitrogens is 1. The van der Waals surface area contributed by atoms with E-state index in [9.17, 15) is 9.18 Å². The largest absolute Gasteiger partial charge is 0.381 e. The van der Waals surface area contributed by atoms with Gasteiger partial charge in [-0.15, -0.1) is 0 Å². The molecule has 1 amide bonds. The van der Waals surface area contributed by atoms with Crippen LogP contribution in [0.25, 0.3) is 0 Å². The van der Waals surface area contributed by atoms with Gasteiger partial charge in [-0.2, -0.15) is 0 Å². The van der Waals surface area contributed by atoms with Crippen molar-refractivity contribution in [2.75, 3.05) is 10.6 Å². The smallest absolute Gasteiger partial charge is 0.255 e. The SMILES string of the molecule is O=C(Nc1ccc(NCc2ccncc2)cc1)c1ccc(F)cc1. The minimum Gasteiger partial charge on any atom is -0.381 e. The predicted octanol–water partition coefficient (Wildman–Crippen LogP) is 4.09. The standard InChI is InChI=1S/C19H16FN3O/c20-16-3-1-15(2-4-16)19(24)23-18-7-5-17(6-8-18)22-13-14-9-11-21-12-10-14/h1-12,22H,13H2,(H,23,24). The van der Waals surface area contributed by atoms with Crippen LogP contribution in [-0.2, 0) is 6.54 Å². The van der Waals surface area contributed by atoms with E-state index < -0.39 is 0 Å². The van der Waals surface area contributed by atoms with Gasteiger partial charge in [-0.3, -0.25) is 9.78 Å². The van der Waals surface area contributed by atoms with E-state index >= 15 is 0 Å². The molecule has 2 N–H and O–H groups in total. The first-order valence-corrected chi connectivity index (χ1v) is 7.50. The van der Waals surface area contributed by atoms with Crippen LogP contribution in [0.2, 0.25) is 0 Å². The first-order valence-electron chi connectivity index (χ1n) is 7.50. The van der Waals surface area contributed by atoms with Gasteiger partial charge in [0.15, 0.2) is 0 Å². The number of rotatable bonds is 5. The van der Waals surface area contributed by atoms with Crippen LogP contribution in [-0.4, -0.2) is 10.9 Å². The molecule has 0 aliphatic carbocycles. The molecule has 0 unspecified atom stereocenters. The summed E-state index contributed by atoms with van der Waals surface area (Å²) in [5.41, 5.74) is 3.18. The topological polar surface area (TPSA) is 54.0 Å². The van der Waals surface area contributed by atoms with Gasteiger partial charge in [0, 0.05) is 35.9 Å². The van der Waals surface area contributed by atoms with Gasteiger partial charge >= 0.3 is 0 Å². The lowest BCUT2D eigenvalue weighted by Gasteiger charge is -2.09. The maximum absolute atomic E-state index is 12.9. The van der Waals surface area contributed by atoms with Crippen molar-refractivity contribution in [1.29, 1.82) is 0 Å². The fourth-order valence-electron chi connectivity index (χ4n) is 2.18. The number of pyridine rings is 1. The molecule has 0 fully saturated rings. The quantitative estimate of drug-likeness (QED) is 0.744. The highest BCUT2D eigenvalue weighted by Gasteiger charge is 2.06. The molecule has 0 radical (unpaired) electrons. The number of carbonyl (C=O) groups excluding carboxylic acids is 1. The molecule has 2 aromatic carbocycles. The van der Waals surface area contributed by atoms with E-state index in [0.29, 0.717) is 17.8 Å². The fraction of sp³-hybridized carbons (Fsp3) is 0.0526. The van der Waals surface area contributed by atoms with Crippen molar-refractivity contribution in [2.24, 2.45) is 0 Å². The summed E-state index contributed by atoms with van der Waals surface area (Å²) >= 11 is 0. The molecule has 5 heteroatoms. The summed E-state index contributed by atoms with van der Waals surface area (Å²) < 4.78 is 12.9. The molecule has 0 aliphatic heterocycles. The third kappa shape index (κ3) is 4.16. The number of hydrogen-bond donors (Lipinski definition) is 2. The monoisotopic (exact) mass is 321 g/mol. The van der Waals surface area contributed by atoms with Crippen molar-refractivity contribution in [3.8, 4) is 0 Å². The number of amides is 1. The van der Waals surface area contributed by atoms with Gasteiger partial charge < -0.3 is 10.6 Å². The summed E-state index contributed by atoms with van der Waals surface area (Å²) in [6, 6.07) is 16.7. The number of carbonyl (C=O) groups is 1. The summed E-state index contributed by atoms with van der Waals surface area (Å²) in [6.07, 6.45) is 3.51. The Morgan fingerprint density at radius 1 is 0.875 bits per heavy atom. The van der Waals surface area contributed by atoms with E-state index in [1.165, 1.54) is 24.3 Å². The molecule has 0 atom stereocenters. The minimum absolute atomic E-state index is 0.271. The molecule has 24 heavy (non-hydrogen) atoms. The lowest BCUT2D eigenvalue weighted by molar-refractivity contribution is 0.102. The molecular formula is C19H16FN3O. The average Bonchev–Trinajstić information content (AvgIpc) is 2.62. The molecule has 3 aromatic rings. The Hall–Kier alpha value is -3.21. The van der Waals surface area contributed by atoms with Crippen molar-refractivity contribution in [3.05, 3.63) is 90.0 Å². The second kappa shape index (κ2) is 7.37. The molecule has 3 rings (SSSR count). The van der Waals surface area contributed by atoms with Crippen LogP contribution < -0.4 is 10.6 Å². The Balaban J connectivity index is 1.58. The Bertz CT molecular complexity index is 802. The molecule has 1 heterocycles. The highest BCUT2D eigenvalue weighted by atomic mass is 19.1. The third-order valence-electron chi connectivity index (χ3n) is 3.50. The third-order valence-corrected chi connectivity index (χ3v) is 3.50. The highest BCUT2D eigenvalue weighted by molar-refractivity contribution is 6.04. The van der Waals surface area contributed by atoms with E-state index in [2.05, 4.69) is 15.6 Å². The van der Waals surface area contributed by atoms with Crippen molar-refractivity contribution in [1.82, 2.24) is 4.98 Å². The average molecular weight is 321 g/mol. The molecule has 4 nitrogen and oxygen atoms in total. The van der Waals surface area contributed by atoms with Crippen LogP contribution in [0.4, 0.5) is 15.8 Å². The van der Waals surface area contributed by atoms with E-state index in [1.54, 1.807) is 12.4 Å². The number of hydrogen-bond acceptors (Lipinski definition) is 3. The van der Waals surface area contributed by atoms with Gasteiger partial charge in [0.05, 0.1) is 0 Å². The van der Waals surface area contributed by atoms with Gasteiger partial charge in [0.25, 0.3) is 5.91 Å². The van der Waals surface area contributed by atoms with Gasteiger partial charge in [0.1, 0.15) is 5.82 Å². The molecule has 0 saturated carbocycles. The highest BCUT2D eigenvalue weighted by Crippen LogP contribution is 2.15. The van der Waals surface area contributed by atoms with Crippen LogP contribution in [0, 0.1) is 5.82 Å². The Labute approximate surface area is 139 Å². The van der Waals surface area contributed by atoms with Crippen molar-refractivity contribution >= 4 is 17.3 Å². The van der Waals surface area contributed by atoms with Crippen LogP contribution in [0.1, 0.15) is 15.9 Å². The summed E-state index contributed by atoms with van der Waals surface area (Å²) in [4.78, 5) is 16.0. The van der Waals surface area contributed by atoms with Crippen molar-refractivity contribution in [2.45, 2.75) is 6.54 Å². The zero-order valence-corrected chi connectivity index (χ0v) is 12.9. The number of anilines is 2. The number of halogens is 1. The van der Waals surface area contributed by atoms with Crippen LogP contribution in [0.15, 0.2) is 73.1 Å². The van der Waals surface area contributed by atoms with Gasteiger partial charge in [-0.25, -0.2) is 4.39 Å². The lowest BCUT2D eigenvalue weighted by Crippen LogP contribution is -2.11. The summed E-state index contributed by atoms with van der Waals surface area (Å²) in [5.74, 6) is -0.635. The Morgan fingerprint density at radius 3 is 2.17 bits per heavy atom. The molecule has 1 aromatic heterocycles. The van der Waals surface area contributed by atoms with Gasteiger partial charge in [-0.05, 0) is 66.2 Å². The van der Waals surface area contributed by atoms with Crippen molar-refractivity contribution < 1.29 is 9.18 Å². The first kappa shape index (κ1) is 15.7. The number of nitrogens with one attached hydrogen (secondary N) is 2. The normalized spacial score (nSPS) is 10.2. The second-order valence-electron chi connectivity index (χ2n) is 5.25. The second-order valence-corrected chi connectivity index (χ2v) is 5.25. The first-order chi connectivity index (χ1) is 11.7. The number of nitrogens with zero attached hydrogens (tertiary/aromatic N) is 1. The molecule has 0 saturated heterocycles. The molecule has 0 bridgehead atoms. The summed E-state index contributed by atoms with van der Waals surface area (Å²) in [6.45, 7) is 0.698. The van der Waals surface area contributed by atoms with Crippen molar-refractivity contribution in [3.63, 3.8) is 0 Å². The van der Waals surface area contributed by atoms with E-state index in [4.69, 9.17) is 0 Å². The number of benzene rings is 2. The van der Waals surface area contributed by atoms with Crippen LogP contribution >= 0.6 is 0 Å². The molecule has 120 valence electrons. The maximum atomic E-state index is 12.9. The summed E-state index contributed by atoms with van der Waals surface area (Å²) in [5, 5.41) is 6.08. The Kier molecular flexibility index (Phi) is 4.81. The van der Waals surface area contributed by atoms with Gasteiger partial charge in [-0.1, -0.05) is 0 Å². The van der Waals surface area contributed by atoms with E-state index in [0.717, 1.165) is 11.3 Å². The zero-order chi connectivity index (χ0) is 16.8. The van der Waals surface area contributed by atoms with Crippen LogP contribution in [0.3, 0.4) is 0 Å². The van der Waals surface area contributed by atoms with E-state index in [-0.39, 0.29) is 11.7 Å². The van der Waals surface area contributed by atoms with E-state index in [1.807, 2.05) is 36.4 Å². The predicted molar refractivity (Wildman–Crippen MR) is 92.4 cm³/mol. The molecule has 0 spiro atoms. The molecule has 0 aliphatic rings. The summed E-state index contributed by atoms with van der Waals surface area (Å²) in [7, 11) is 0. The molecular weight excluding hydrogens is 305 g/mol. The fourth-order valence-corrected chi connectivity index (χ4v) is 2.18. The van der Waals surface area contributed by atoms with Crippen LogP contribution in [0.5, 0.6) is 0 Å². The maximum Gasteiger partial charge on any atom is 0.255 e. The van der Waals surface area contributed by atoms with Gasteiger partial charge in [0.2, 0.25) is 0 Å². The zero-order valence-electron chi connectivity index (χ0n) is 12.9. The lowest BCUT2D eigenvalue weighted by atomic mass is 10.2. The Morgan fingerprint density at radius 2 is 1.50 bits per heavy atom. The minimum atomic E-state index is -0.365.